The standard InChI is InChI=1S/C21H23F3N6O2/c1-28(14-6-7-14)20(32)25-17-8-9-18(27-26-17)29-10-12-30(13-11-29)19(31)15-4-2-3-5-16(15)21(22,23)24/h2-5,8-9,14H,6-7,10-13H2,1H3,(H,25,26,32). The molecule has 1 N–H and O–H groups in total. The van der Waals surface area contributed by atoms with E-state index in [1.807, 2.05) is 4.90 Å². The molecule has 170 valence electrons. The zero-order chi connectivity index (χ0) is 22.9. The molecule has 0 atom stereocenters. The van der Waals surface area contributed by atoms with E-state index >= 15 is 0 Å². The Hall–Kier alpha value is -3.37. The van der Waals surface area contributed by atoms with Gasteiger partial charge in [0.1, 0.15) is 0 Å². The van der Waals surface area contributed by atoms with Crippen LogP contribution in [0.3, 0.4) is 0 Å². The van der Waals surface area contributed by atoms with Crippen LogP contribution in [0.5, 0.6) is 0 Å². The number of halogens is 3. The Morgan fingerprint density at radius 1 is 1.03 bits per heavy atom. The number of carbonyl (C=O) groups is 2. The first-order valence-electron chi connectivity index (χ1n) is 10.3. The van der Waals surface area contributed by atoms with E-state index in [0.717, 1.165) is 18.9 Å². The van der Waals surface area contributed by atoms with Gasteiger partial charge in [0.25, 0.3) is 5.91 Å². The molecule has 4 rings (SSSR count). The van der Waals surface area contributed by atoms with Crippen LogP contribution in [-0.4, -0.2) is 71.2 Å². The largest absolute Gasteiger partial charge is 0.417 e. The maximum Gasteiger partial charge on any atom is 0.417 e. The number of hydrogen-bond acceptors (Lipinski definition) is 5. The molecule has 11 heteroatoms. The minimum Gasteiger partial charge on any atom is -0.352 e. The average Bonchev–Trinajstić information content (AvgIpc) is 3.64. The summed E-state index contributed by atoms with van der Waals surface area (Å²) in [7, 11) is 1.74. The molecule has 1 aromatic heterocycles. The number of nitrogens with one attached hydrogen (secondary N) is 1. The molecule has 2 fully saturated rings. The van der Waals surface area contributed by atoms with E-state index in [-0.39, 0.29) is 30.7 Å². The van der Waals surface area contributed by atoms with E-state index in [1.54, 1.807) is 24.1 Å². The minimum absolute atomic E-state index is 0.235. The number of rotatable bonds is 4. The van der Waals surface area contributed by atoms with E-state index < -0.39 is 17.6 Å². The summed E-state index contributed by atoms with van der Waals surface area (Å²) in [5.41, 5.74) is -1.27. The number of hydrogen-bond donors (Lipinski definition) is 1. The second-order valence-electron chi connectivity index (χ2n) is 7.87. The molecule has 1 saturated heterocycles. The molecule has 1 aliphatic heterocycles. The Balaban J connectivity index is 1.35. The Morgan fingerprint density at radius 3 is 2.31 bits per heavy atom. The summed E-state index contributed by atoms with van der Waals surface area (Å²) < 4.78 is 39.7. The van der Waals surface area contributed by atoms with Gasteiger partial charge in [-0.25, -0.2) is 4.79 Å². The molecule has 8 nitrogen and oxygen atoms in total. The number of nitrogens with zero attached hydrogens (tertiary/aromatic N) is 5. The Morgan fingerprint density at radius 2 is 1.72 bits per heavy atom. The quantitative estimate of drug-likeness (QED) is 0.778. The highest BCUT2D eigenvalue weighted by Crippen LogP contribution is 2.32. The molecule has 3 amide bonds. The van der Waals surface area contributed by atoms with Crippen molar-refractivity contribution >= 4 is 23.6 Å². The topological polar surface area (TPSA) is 81.7 Å². The Kier molecular flexibility index (Phi) is 5.90. The molecule has 2 heterocycles. The molecule has 32 heavy (non-hydrogen) atoms. The zero-order valence-electron chi connectivity index (χ0n) is 17.5. The third-order valence-electron chi connectivity index (χ3n) is 5.65. The van der Waals surface area contributed by atoms with Crippen molar-refractivity contribution in [2.24, 2.45) is 0 Å². The average molecular weight is 448 g/mol. The van der Waals surface area contributed by atoms with Crippen molar-refractivity contribution in [3.63, 3.8) is 0 Å². The molecule has 0 radical (unpaired) electrons. The van der Waals surface area contributed by atoms with E-state index in [1.165, 1.54) is 23.1 Å². The SMILES string of the molecule is CN(C(=O)Nc1ccc(N2CCN(C(=O)c3ccccc3C(F)(F)F)CC2)nn1)C1CC1. The second-order valence-corrected chi connectivity index (χ2v) is 7.87. The van der Waals surface area contributed by atoms with Gasteiger partial charge in [-0.2, -0.15) is 13.2 Å². The second kappa shape index (κ2) is 8.64. The smallest absolute Gasteiger partial charge is 0.352 e. The normalized spacial score (nSPS) is 16.6. The van der Waals surface area contributed by atoms with Crippen LogP contribution in [0.1, 0.15) is 28.8 Å². The number of carbonyl (C=O) groups excluding carboxylic acids is 2. The lowest BCUT2D eigenvalue weighted by Gasteiger charge is -2.35. The number of anilines is 2. The van der Waals surface area contributed by atoms with Crippen LogP contribution in [0.4, 0.5) is 29.6 Å². The zero-order valence-corrected chi connectivity index (χ0v) is 17.5. The number of benzene rings is 1. The summed E-state index contributed by atoms with van der Waals surface area (Å²) in [4.78, 5) is 29.8. The van der Waals surface area contributed by atoms with E-state index in [0.29, 0.717) is 24.7 Å². The van der Waals surface area contributed by atoms with Crippen LogP contribution < -0.4 is 10.2 Å². The van der Waals surface area contributed by atoms with Gasteiger partial charge in [0, 0.05) is 39.3 Å². The number of amides is 3. The van der Waals surface area contributed by atoms with Crippen LogP contribution in [-0.2, 0) is 6.18 Å². The van der Waals surface area contributed by atoms with Gasteiger partial charge in [0.05, 0.1) is 11.1 Å². The van der Waals surface area contributed by atoms with Crippen LogP contribution >= 0.6 is 0 Å². The van der Waals surface area contributed by atoms with Crippen molar-refractivity contribution in [1.82, 2.24) is 20.0 Å². The third-order valence-corrected chi connectivity index (χ3v) is 5.65. The van der Waals surface area contributed by atoms with Gasteiger partial charge in [0.15, 0.2) is 11.6 Å². The van der Waals surface area contributed by atoms with E-state index in [4.69, 9.17) is 0 Å². The highest BCUT2D eigenvalue weighted by atomic mass is 19.4. The van der Waals surface area contributed by atoms with Crippen LogP contribution in [0.2, 0.25) is 0 Å². The molecule has 1 aromatic carbocycles. The lowest BCUT2D eigenvalue weighted by molar-refractivity contribution is -0.138. The molecule has 0 unspecified atom stereocenters. The van der Waals surface area contributed by atoms with E-state index in [2.05, 4.69) is 15.5 Å². The van der Waals surface area contributed by atoms with Crippen LogP contribution in [0, 0.1) is 0 Å². The fourth-order valence-corrected chi connectivity index (χ4v) is 3.61. The van der Waals surface area contributed by atoms with Crippen molar-refractivity contribution < 1.29 is 22.8 Å². The van der Waals surface area contributed by atoms with Crippen LogP contribution in [0.15, 0.2) is 36.4 Å². The first-order chi connectivity index (χ1) is 15.2. The molecule has 1 saturated carbocycles. The Bertz CT molecular complexity index is 986. The highest BCUT2D eigenvalue weighted by Gasteiger charge is 2.36. The molecule has 1 aliphatic carbocycles. The lowest BCUT2D eigenvalue weighted by Crippen LogP contribution is -2.49. The summed E-state index contributed by atoms with van der Waals surface area (Å²) in [6, 6.07) is 8.24. The van der Waals surface area contributed by atoms with Gasteiger partial charge in [-0.1, -0.05) is 12.1 Å². The number of aromatic nitrogens is 2. The number of urea groups is 1. The maximum atomic E-state index is 13.2. The fourth-order valence-electron chi connectivity index (χ4n) is 3.61. The summed E-state index contributed by atoms with van der Waals surface area (Å²) in [5, 5.41) is 10.9. The maximum absolute atomic E-state index is 13.2. The van der Waals surface area contributed by atoms with Gasteiger partial charge in [-0.05, 0) is 37.1 Å². The van der Waals surface area contributed by atoms with Gasteiger partial charge in [0.2, 0.25) is 0 Å². The van der Waals surface area contributed by atoms with Gasteiger partial charge >= 0.3 is 12.2 Å². The fraction of sp³-hybridized carbons (Fsp3) is 0.429. The molecule has 0 spiro atoms. The van der Waals surface area contributed by atoms with Crippen molar-refractivity contribution in [1.29, 1.82) is 0 Å². The highest BCUT2D eigenvalue weighted by molar-refractivity contribution is 5.96. The molecule has 2 aromatic rings. The minimum atomic E-state index is -4.59. The molecule has 2 aliphatic rings. The predicted molar refractivity (Wildman–Crippen MR) is 111 cm³/mol. The number of piperazine rings is 1. The summed E-state index contributed by atoms with van der Waals surface area (Å²) in [6.45, 7) is 1.34. The van der Waals surface area contributed by atoms with E-state index in [9.17, 15) is 22.8 Å². The van der Waals surface area contributed by atoms with Crippen molar-refractivity contribution in [3.05, 3.63) is 47.5 Å². The van der Waals surface area contributed by atoms with Crippen molar-refractivity contribution in [2.45, 2.75) is 25.1 Å². The first-order valence-corrected chi connectivity index (χ1v) is 10.3. The molecule has 0 bridgehead atoms. The van der Waals surface area contributed by atoms with Gasteiger partial charge in [-0.15, -0.1) is 10.2 Å². The summed E-state index contributed by atoms with van der Waals surface area (Å²) >= 11 is 0. The number of alkyl halides is 3. The summed E-state index contributed by atoms with van der Waals surface area (Å²) in [5.74, 6) is 0.270. The lowest BCUT2D eigenvalue weighted by atomic mass is 10.1. The summed E-state index contributed by atoms with van der Waals surface area (Å²) in [6.07, 6.45) is -2.58. The van der Waals surface area contributed by atoms with Crippen molar-refractivity contribution in [2.75, 3.05) is 43.4 Å². The van der Waals surface area contributed by atoms with Crippen molar-refractivity contribution in [3.8, 4) is 0 Å². The predicted octanol–water partition coefficient (Wildman–Crippen LogP) is 3.08. The molecular formula is C21H23F3N6O2. The van der Waals surface area contributed by atoms with Crippen LogP contribution in [0.25, 0.3) is 0 Å². The third kappa shape index (κ3) is 4.76. The molecular weight excluding hydrogens is 425 g/mol. The van der Waals surface area contributed by atoms with Gasteiger partial charge < -0.3 is 14.7 Å². The Labute approximate surface area is 183 Å². The van der Waals surface area contributed by atoms with Gasteiger partial charge in [-0.3, -0.25) is 10.1 Å². The first kappa shape index (κ1) is 21.8. The monoisotopic (exact) mass is 448 g/mol.